The molecule has 4 rings (SSSR count). The van der Waals surface area contributed by atoms with Gasteiger partial charge in [0.25, 0.3) is 5.91 Å². The van der Waals surface area contributed by atoms with E-state index in [0.29, 0.717) is 24.2 Å². The van der Waals surface area contributed by atoms with Gasteiger partial charge in [-0.05, 0) is 63.9 Å². The van der Waals surface area contributed by atoms with Gasteiger partial charge in [0.05, 0.1) is 11.6 Å². The number of benzene rings is 1. The van der Waals surface area contributed by atoms with Crippen LogP contribution in [0, 0.1) is 12.8 Å². The summed E-state index contributed by atoms with van der Waals surface area (Å²) in [6.07, 6.45) is 4.65. The molecule has 150 valence electrons. The first-order valence-corrected chi connectivity index (χ1v) is 11.1. The Hall–Kier alpha value is -1.92. The van der Waals surface area contributed by atoms with Crippen molar-refractivity contribution in [2.24, 2.45) is 5.92 Å². The molecule has 0 radical (unpaired) electrons. The molecule has 0 N–H and O–H groups in total. The summed E-state index contributed by atoms with van der Waals surface area (Å²) in [5.74, 6) is 1.54. The van der Waals surface area contributed by atoms with E-state index >= 15 is 0 Å². The minimum atomic E-state index is 0.0448. The van der Waals surface area contributed by atoms with E-state index in [4.69, 9.17) is 4.74 Å². The van der Waals surface area contributed by atoms with Gasteiger partial charge in [-0.2, -0.15) is 0 Å². The zero-order valence-electron chi connectivity index (χ0n) is 16.8. The molecule has 1 aliphatic carbocycles. The highest BCUT2D eigenvalue weighted by Crippen LogP contribution is 2.30. The first-order chi connectivity index (χ1) is 13.6. The van der Waals surface area contributed by atoms with Crippen LogP contribution in [0.15, 0.2) is 29.6 Å². The summed E-state index contributed by atoms with van der Waals surface area (Å²) in [6, 6.07) is 8.55. The second kappa shape index (κ2) is 8.62. The molecule has 28 heavy (non-hydrogen) atoms. The summed E-state index contributed by atoms with van der Waals surface area (Å²) in [5, 5.41) is 2.80. The van der Waals surface area contributed by atoms with E-state index in [-0.39, 0.29) is 5.91 Å². The lowest BCUT2D eigenvalue weighted by Gasteiger charge is -2.29. The molecule has 1 atom stereocenters. The quantitative estimate of drug-likeness (QED) is 0.707. The van der Waals surface area contributed by atoms with Gasteiger partial charge in [0.2, 0.25) is 0 Å². The third-order valence-electron chi connectivity index (χ3n) is 5.55. The molecule has 2 aromatic rings. The molecule has 1 saturated heterocycles. The fraction of sp³-hybridized carbons (Fsp3) is 0.545. The van der Waals surface area contributed by atoms with E-state index in [1.807, 2.05) is 29.3 Å². The van der Waals surface area contributed by atoms with Crippen molar-refractivity contribution in [1.29, 1.82) is 0 Å². The van der Waals surface area contributed by atoms with Gasteiger partial charge in [-0.3, -0.25) is 4.79 Å². The van der Waals surface area contributed by atoms with Crippen molar-refractivity contribution in [3.63, 3.8) is 0 Å². The first kappa shape index (κ1) is 19.4. The fourth-order valence-corrected chi connectivity index (χ4v) is 4.50. The number of carbonyl (C=O) groups is 1. The zero-order chi connectivity index (χ0) is 19.5. The van der Waals surface area contributed by atoms with Crippen LogP contribution in [-0.2, 0) is 6.54 Å². The smallest absolute Gasteiger partial charge is 0.273 e. The predicted octanol–water partition coefficient (Wildman–Crippen LogP) is 3.98. The summed E-state index contributed by atoms with van der Waals surface area (Å²) >= 11 is 1.53. The van der Waals surface area contributed by atoms with Crippen LogP contribution in [0.5, 0.6) is 5.75 Å². The lowest BCUT2D eigenvalue weighted by atomic mass is 9.99. The molecule has 5 nitrogen and oxygen atoms in total. The van der Waals surface area contributed by atoms with E-state index < -0.39 is 0 Å². The number of aryl methyl sites for hydroxylation is 1. The number of thiazole rings is 1. The van der Waals surface area contributed by atoms with Crippen LogP contribution in [-0.4, -0.2) is 53.5 Å². The Morgan fingerprint density at radius 2 is 2.21 bits per heavy atom. The van der Waals surface area contributed by atoms with Crippen LogP contribution in [0.2, 0.25) is 0 Å². The highest BCUT2D eigenvalue weighted by molar-refractivity contribution is 7.09. The lowest BCUT2D eigenvalue weighted by molar-refractivity contribution is 0.0724. The van der Waals surface area contributed by atoms with Crippen LogP contribution in [0.3, 0.4) is 0 Å². The van der Waals surface area contributed by atoms with E-state index in [1.165, 1.54) is 30.7 Å². The maximum absolute atomic E-state index is 12.9. The molecular weight excluding hydrogens is 370 g/mol. The number of amides is 1. The summed E-state index contributed by atoms with van der Waals surface area (Å²) in [4.78, 5) is 21.7. The van der Waals surface area contributed by atoms with Gasteiger partial charge >= 0.3 is 0 Å². The van der Waals surface area contributed by atoms with Gasteiger partial charge < -0.3 is 14.5 Å². The maximum atomic E-state index is 12.9. The Kier molecular flexibility index (Phi) is 5.97. The van der Waals surface area contributed by atoms with Gasteiger partial charge in [-0.1, -0.05) is 12.1 Å². The Balaban J connectivity index is 1.39. The molecule has 1 saturated carbocycles. The molecule has 6 heteroatoms. The Bertz CT molecular complexity index is 818. The number of piperidine rings is 1. The van der Waals surface area contributed by atoms with Crippen molar-refractivity contribution in [1.82, 2.24) is 14.8 Å². The molecule has 2 aliphatic rings. The number of rotatable bonds is 7. The largest absolute Gasteiger partial charge is 0.493 e. The molecule has 1 amide bonds. The van der Waals surface area contributed by atoms with Gasteiger partial charge in [0, 0.05) is 30.4 Å². The topological polar surface area (TPSA) is 45.7 Å². The molecular formula is C22H29N3O2S. The monoisotopic (exact) mass is 399 g/mol. The number of hydrogen-bond donors (Lipinski definition) is 0. The minimum absolute atomic E-state index is 0.0448. The first-order valence-electron chi connectivity index (χ1n) is 10.2. The number of carbonyl (C=O) groups excluding carboxylic acids is 1. The molecule has 0 spiro atoms. The van der Waals surface area contributed by atoms with Crippen molar-refractivity contribution in [2.75, 3.05) is 26.7 Å². The minimum Gasteiger partial charge on any atom is -0.493 e. The van der Waals surface area contributed by atoms with E-state index in [0.717, 1.165) is 42.3 Å². The van der Waals surface area contributed by atoms with Crippen molar-refractivity contribution in [2.45, 2.75) is 45.2 Å². The molecule has 1 aromatic carbocycles. The van der Waals surface area contributed by atoms with Crippen LogP contribution < -0.4 is 4.74 Å². The van der Waals surface area contributed by atoms with Crippen molar-refractivity contribution >= 4 is 17.2 Å². The van der Waals surface area contributed by atoms with Crippen LogP contribution in [0.1, 0.15) is 46.7 Å². The summed E-state index contributed by atoms with van der Waals surface area (Å²) in [7, 11) is 2.18. The van der Waals surface area contributed by atoms with Gasteiger partial charge in [-0.15, -0.1) is 11.3 Å². The van der Waals surface area contributed by atoms with Crippen LogP contribution >= 0.6 is 11.3 Å². The third kappa shape index (κ3) is 4.92. The van der Waals surface area contributed by atoms with Crippen molar-refractivity contribution in [3.05, 3.63) is 45.9 Å². The standard InChI is InChI=1S/C22H29N3O2S/c1-16-23-21(15-28-16)22(26)25(19-8-9-19)13-17-5-3-7-20(11-17)27-14-18-6-4-10-24(2)12-18/h3,5,7,11,15,18-19H,4,6,8-10,12-14H2,1-2H3. The fourth-order valence-electron chi connectivity index (χ4n) is 3.92. The third-order valence-corrected chi connectivity index (χ3v) is 6.32. The predicted molar refractivity (Wildman–Crippen MR) is 112 cm³/mol. The van der Waals surface area contributed by atoms with Crippen molar-refractivity contribution in [3.8, 4) is 5.75 Å². The highest BCUT2D eigenvalue weighted by atomic mass is 32.1. The van der Waals surface area contributed by atoms with Crippen LogP contribution in [0.25, 0.3) is 0 Å². The Morgan fingerprint density at radius 3 is 2.93 bits per heavy atom. The molecule has 2 fully saturated rings. The number of likely N-dealkylation sites (tertiary alicyclic amines) is 1. The lowest BCUT2D eigenvalue weighted by Crippen LogP contribution is -2.34. The average molecular weight is 400 g/mol. The van der Waals surface area contributed by atoms with E-state index in [2.05, 4.69) is 29.1 Å². The summed E-state index contributed by atoms with van der Waals surface area (Å²) < 4.78 is 6.10. The second-order valence-electron chi connectivity index (χ2n) is 8.14. The van der Waals surface area contributed by atoms with E-state index in [1.54, 1.807) is 0 Å². The number of aromatic nitrogens is 1. The molecule has 1 aliphatic heterocycles. The van der Waals surface area contributed by atoms with E-state index in [9.17, 15) is 4.79 Å². The van der Waals surface area contributed by atoms with Gasteiger partial charge in [0.15, 0.2) is 0 Å². The SMILES string of the molecule is Cc1nc(C(=O)N(Cc2cccc(OCC3CCCN(C)C3)c2)C2CC2)cs1. The number of ether oxygens (including phenoxy) is 1. The normalized spacial score (nSPS) is 20.1. The van der Waals surface area contributed by atoms with Gasteiger partial charge in [-0.25, -0.2) is 4.98 Å². The molecule has 1 unspecified atom stereocenters. The molecule has 0 bridgehead atoms. The van der Waals surface area contributed by atoms with Crippen molar-refractivity contribution < 1.29 is 9.53 Å². The Labute approximate surface area is 171 Å². The maximum Gasteiger partial charge on any atom is 0.273 e. The Morgan fingerprint density at radius 1 is 1.36 bits per heavy atom. The summed E-state index contributed by atoms with van der Waals surface area (Å²) in [5.41, 5.74) is 1.69. The molecule has 2 heterocycles. The average Bonchev–Trinajstić information content (AvgIpc) is 3.44. The van der Waals surface area contributed by atoms with Gasteiger partial charge in [0.1, 0.15) is 11.4 Å². The second-order valence-corrected chi connectivity index (χ2v) is 9.21. The van der Waals surface area contributed by atoms with Crippen LogP contribution in [0.4, 0.5) is 0 Å². The number of hydrogen-bond acceptors (Lipinski definition) is 5. The highest BCUT2D eigenvalue weighted by Gasteiger charge is 2.34. The summed E-state index contributed by atoms with van der Waals surface area (Å²) in [6.45, 7) is 5.61. The number of nitrogens with zero attached hydrogens (tertiary/aromatic N) is 3. The zero-order valence-corrected chi connectivity index (χ0v) is 17.6. The molecule has 1 aromatic heterocycles.